The van der Waals surface area contributed by atoms with Crippen molar-refractivity contribution < 1.29 is 14.1 Å². The third-order valence-corrected chi connectivity index (χ3v) is 5.97. The lowest BCUT2D eigenvalue weighted by Crippen LogP contribution is -2.42. The highest BCUT2D eigenvalue weighted by Crippen LogP contribution is 2.28. The number of carbonyl (C=O) groups excluding carboxylic acids is 2. The highest BCUT2D eigenvalue weighted by atomic mass is 32.1. The molecule has 4 heterocycles. The fraction of sp³-hybridized carbons (Fsp3) is 0.294. The van der Waals surface area contributed by atoms with E-state index < -0.39 is 0 Å². The van der Waals surface area contributed by atoms with Crippen LogP contribution in [0.25, 0.3) is 0 Å². The number of rotatable bonds is 4. The Morgan fingerprint density at radius 1 is 1.41 bits per heavy atom. The first-order chi connectivity index (χ1) is 13.1. The second-order valence-electron chi connectivity index (χ2n) is 6.08. The predicted molar refractivity (Wildman–Crippen MR) is 102 cm³/mol. The number of hydrogen-bond donors (Lipinski definition) is 2. The summed E-state index contributed by atoms with van der Waals surface area (Å²) in [4.78, 5) is 32.9. The van der Waals surface area contributed by atoms with Gasteiger partial charge in [-0.25, -0.2) is 9.78 Å². The van der Waals surface area contributed by atoms with Gasteiger partial charge in [-0.15, -0.1) is 11.3 Å². The lowest BCUT2D eigenvalue weighted by Gasteiger charge is -2.26. The molecule has 0 saturated heterocycles. The summed E-state index contributed by atoms with van der Waals surface area (Å²) in [5, 5.41) is 11.9. The van der Waals surface area contributed by atoms with Gasteiger partial charge in [0.1, 0.15) is 5.76 Å². The number of carbonyl (C=O) groups is 2. The van der Waals surface area contributed by atoms with Crippen LogP contribution >= 0.6 is 22.7 Å². The van der Waals surface area contributed by atoms with Crippen LogP contribution in [0.15, 0.2) is 28.1 Å². The number of anilines is 1. The van der Waals surface area contributed by atoms with E-state index in [4.69, 9.17) is 4.52 Å². The van der Waals surface area contributed by atoms with Gasteiger partial charge in [-0.3, -0.25) is 10.1 Å². The number of aryl methyl sites for hydroxylation is 1. The normalized spacial score (nSPS) is 13.3. The van der Waals surface area contributed by atoms with Crippen molar-refractivity contribution in [3.8, 4) is 0 Å². The lowest BCUT2D eigenvalue weighted by molar-refractivity contribution is 0.101. The Morgan fingerprint density at radius 3 is 3.04 bits per heavy atom. The number of aromatic nitrogens is 2. The molecule has 0 bridgehead atoms. The largest absolute Gasteiger partial charge is 0.361 e. The number of fused-ring (bicyclic) bond motifs is 1. The Morgan fingerprint density at radius 2 is 2.30 bits per heavy atom. The van der Waals surface area contributed by atoms with Crippen LogP contribution in [-0.2, 0) is 19.5 Å². The van der Waals surface area contributed by atoms with Gasteiger partial charge in [0, 0.05) is 28.8 Å². The molecule has 4 rings (SSSR count). The molecule has 3 aromatic rings. The molecule has 0 unspecified atom stereocenters. The number of nitrogens with one attached hydrogen (secondary N) is 2. The lowest BCUT2D eigenvalue weighted by atomic mass is 10.2. The molecular formula is C17H17N5O3S2. The van der Waals surface area contributed by atoms with Crippen molar-refractivity contribution in [1.82, 2.24) is 20.4 Å². The van der Waals surface area contributed by atoms with Crippen molar-refractivity contribution in [2.75, 3.05) is 11.9 Å². The number of hydrogen-bond acceptors (Lipinski definition) is 7. The Labute approximate surface area is 163 Å². The third kappa shape index (κ3) is 4.01. The highest BCUT2D eigenvalue weighted by Gasteiger charge is 2.25. The van der Waals surface area contributed by atoms with Gasteiger partial charge in [-0.1, -0.05) is 22.6 Å². The monoisotopic (exact) mass is 403 g/mol. The summed E-state index contributed by atoms with van der Waals surface area (Å²) in [5.74, 6) is 0.214. The summed E-state index contributed by atoms with van der Waals surface area (Å²) >= 11 is 3.00. The molecule has 0 atom stereocenters. The average Bonchev–Trinajstić information content (AvgIpc) is 3.39. The van der Waals surface area contributed by atoms with E-state index in [0.29, 0.717) is 36.9 Å². The van der Waals surface area contributed by atoms with E-state index >= 15 is 0 Å². The van der Waals surface area contributed by atoms with Crippen LogP contribution in [0.1, 0.15) is 31.7 Å². The SMILES string of the molecule is Cc1cc(C(=O)Nc2nc3c(s2)CN(C(=O)NCc2cccs2)CC3)no1. The minimum atomic E-state index is -0.358. The van der Waals surface area contributed by atoms with Gasteiger partial charge in [-0.2, -0.15) is 0 Å². The maximum absolute atomic E-state index is 12.4. The van der Waals surface area contributed by atoms with Gasteiger partial charge in [0.05, 0.1) is 18.8 Å². The first-order valence-electron chi connectivity index (χ1n) is 8.37. The van der Waals surface area contributed by atoms with Crippen LogP contribution in [0.4, 0.5) is 9.93 Å². The second kappa shape index (κ2) is 7.49. The minimum Gasteiger partial charge on any atom is -0.361 e. The van der Waals surface area contributed by atoms with Crippen molar-refractivity contribution in [3.05, 3.63) is 50.5 Å². The van der Waals surface area contributed by atoms with Crippen LogP contribution in [0.2, 0.25) is 0 Å². The molecule has 0 saturated carbocycles. The van der Waals surface area contributed by atoms with E-state index in [2.05, 4.69) is 20.8 Å². The minimum absolute atomic E-state index is 0.0916. The Kier molecular flexibility index (Phi) is 4.90. The zero-order chi connectivity index (χ0) is 18.8. The average molecular weight is 403 g/mol. The Balaban J connectivity index is 1.37. The maximum Gasteiger partial charge on any atom is 0.318 e. The van der Waals surface area contributed by atoms with Crippen LogP contribution in [-0.4, -0.2) is 33.5 Å². The van der Waals surface area contributed by atoms with Gasteiger partial charge >= 0.3 is 6.03 Å². The molecule has 27 heavy (non-hydrogen) atoms. The molecule has 2 N–H and O–H groups in total. The summed E-state index contributed by atoms with van der Waals surface area (Å²) in [7, 11) is 0. The molecule has 0 aliphatic carbocycles. The zero-order valence-corrected chi connectivity index (χ0v) is 16.2. The van der Waals surface area contributed by atoms with Gasteiger partial charge in [0.2, 0.25) is 0 Å². The van der Waals surface area contributed by atoms with Crippen LogP contribution in [0, 0.1) is 6.92 Å². The summed E-state index contributed by atoms with van der Waals surface area (Å²) < 4.78 is 4.92. The van der Waals surface area contributed by atoms with E-state index in [-0.39, 0.29) is 17.6 Å². The molecule has 0 aromatic carbocycles. The highest BCUT2D eigenvalue weighted by molar-refractivity contribution is 7.15. The van der Waals surface area contributed by atoms with Gasteiger partial charge in [-0.05, 0) is 18.4 Å². The summed E-state index contributed by atoms with van der Waals surface area (Å²) in [6.07, 6.45) is 0.664. The van der Waals surface area contributed by atoms with Crippen LogP contribution < -0.4 is 10.6 Å². The number of urea groups is 1. The number of thiophene rings is 1. The quantitative estimate of drug-likeness (QED) is 0.697. The third-order valence-electron chi connectivity index (χ3n) is 4.09. The molecule has 140 valence electrons. The molecule has 10 heteroatoms. The summed E-state index contributed by atoms with van der Waals surface area (Å²) in [6.45, 7) is 3.34. The van der Waals surface area contributed by atoms with Crippen molar-refractivity contribution >= 4 is 39.7 Å². The number of amides is 3. The standard InChI is InChI=1S/C17H17N5O3S2/c1-10-7-13(21-25-10)15(23)20-16-19-12-4-5-22(9-14(12)27-16)17(24)18-8-11-3-2-6-26-11/h2-3,6-7H,4-5,8-9H2,1H3,(H,18,24)(H,19,20,23). The van der Waals surface area contributed by atoms with E-state index in [9.17, 15) is 9.59 Å². The maximum atomic E-state index is 12.4. The van der Waals surface area contributed by atoms with Crippen molar-refractivity contribution in [1.29, 1.82) is 0 Å². The Bertz CT molecular complexity index is 963. The second-order valence-corrected chi connectivity index (χ2v) is 8.19. The summed E-state index contributed by atoms with van der Waals surface area (Å²) in [6, 6.07) is 5.44. The van der Waals surface area contributed by atoms with Crippen molar-refractivity contribution in [2.24, 2.45) is 0 Å². The van der Waals surface area contributed by atoms with Crippen LogP contribution in [0.5, 0.6) is 0 Å². The Hall–Kier alpha value is -2.72. The van der Waals surface area contributed by atoms with E-state index in [1.54, 1.807) is 29.2 Å². The van der Waals surface area contributed by atoms with Gasteiger partial charge < -0.3 is 14.7 Å². The molecule has 0 radical (unpaired) electrons. The fourth-order valence-corrected chi connectivity index (χ4v) is 4.41. The smallest absolute Gasteiger partial charge is 0.318 e. The molecule has 3 amide bonds. The van der Waals surface area contributed by atoms with Gasteiger partial charge in [0.25, 0.3) is 5.91 Å². The molecule has 0 fully saturated rings. The van der Waals surface area contributed by atoms with Crippen molar-refractivity contribution in [3.63, 3.8) is 0 Å². The van der Waals surface area contributed by atoms with E-state index in [1.807, 2.05) is 17.5 Å². The molecule has 1 aliphatic heterocycles. The number of nitrogens with zero attached hydrogens (tertiary/aromatic N) is 3. The van der Waals surface area contributed by atoms with Crippen molar-refractivity contribution in [2.45, 2.75) is 26.4 Å². The zero-order valence-electron chi connectivity index (χ0n) is 14.5. The van der Waals surface area contributed by atoms with E-state index in [1.165, 1.54) is 11.3 Å². The first-order valence-corrected chi connectivity index (χ1v) is 10.1. The summed E-state index contributed by atoms with van der Waals surface area (Å²) in [5.41, 5.74) is 1.14. The molecule has 0 spiro atoms. The number of thiazole rings is 1. The van der Waals surface area contributed by atoms with Crippen LogP contribution in [0.3, 0.4) is 0 Å². The molecular weight excluding hydrogens is 386 g/mol. The topological polar surface area (TPSA) is 100 Å². The predicted octanol–water partition coefficient (Wildman–Crippen LogP) is 3.02. The fourth-order valence-electron chi connectivity index (χ4n) is 2.74. The first kappa shape index (κ1) is 17.7. The molecule has 1 aliphatic rings. The van der Waals surface area contributed by atoms with Gasteiger partial charge in [0.15, 0.2) is 10.8 Å². The van der Waals surface area contributed by atoms with E-state index in [0.717, 1.165) is 15.4 Å². The molecule has 8 nitrogen and oxygen atoms in total. The molecule has 3 aromatic heterocycles.